The molecule has 0 saturated carbocycles. The molecule has 1 heterocycles. The zero-order chi connectivity index (χ0) is 14.2. The van der Waals surface area contributed by atoms with Crippen LogP contribution in [0.25, 0.3) is 0 Å². The monoisotopic (exact) mass is 304 g/mol. The quantitative estimate of drug-likeness (QED) is 0.815. The van der Waals surface area contributed by atoms with Crippen LogP contribution in [0.15, 0.2) is 27.6 Å². The summed E-state index contributed by atoms with van der Waals surface area (Å²) in [5.74, 6) is -0.353. The van der Waals surface area contributed by atoms with Gasteiger partial charge < -0.3 is 4.52 Å². The molecule has 2 rings (SSSR count). The van der Waals surface area contributed by atoms with E-state index in [1.807, 2.05) is 0 Å². The molecule has 1 aromatic heterocycles. The molecule has 102 valence electrons. The summed E-state index contributed by atoms with van der Waals surface area (Å²) in [5, 5.41) is 2.25. The first kappa shape index (κ1) is 14.0. The van der Waals surface area contributed by atoms with E-state index >= 15 is 0 Å². The van der Waals surface area contributed by atoms with E-state index in [1.165, 1.54) is 6.92 Å². The first-order valence-electron chi connectivity index (χ1n) is 5.31. The number of nitrogens with zero attached hydrogens (tertiary/aromatic N) is 2. The third-order valence-electron chi connectivity index (χ3n) is 2.58. The molecule has 0 bridgehead atoms. The van der Waals surface area contributed by atoms with Gasteiger partial charge in [0.05, 0.1) is 9.92 Å². The van der Waals surface area contributed by atoms with Gasteiger partial charge in [0.2, 0.25) is 5.89 Å². The molecule has 0 N–H and O–H groups in total. The van der Waals surface area contributed by atoms with Crippen molar-refractivity contribution in [3.05, 3.63) is 40.8 Å². The van der Waals surface area contributed by atoms with Gasteiger partial charge in [0.25, 0.3) is 0 Å². The van der Waals surface area contributed by atoms with Crippen molar-refractivity contribution < 1.29 is 17.3 Å². The first-order chi connectivity index (χ1) is 8.82. The molecule has 0 spiro atoms. The minimum absolute atomic E-state index is 0.0158. The van der Waals surface area contributed by atoms with Crippen LogP contribution in [-0.2, 0) is 9.84 Å². The fourth-order valence-corrected chi connectivity index (χ4v) is 3.02. The van der Waals surface area contributed by atoms with Gasteiger partial charge in [-0.15, -0.1) is 0 Å². The molecule has 2 aromatic rings. The smallest absolute Gasteiger partial charge is 0.245 e. The fraction of sp³-hybridized carbons (Fsp3) is 0.273. The van der Waals surface area contributed by atoms with E-state index in [0.29, 0.717) is 5.82 Å². The minimum atomic E-state index is -3.77. The number of aryl methyl sites for hydroxylation is 1. The van der Waals surface area contributed by atoms with Gasteiger partial charge in [-0.05, 0) is 32.0 Å². The highest BCUT2D eigenvalue weighted by Crippen LogP contribution is 2.29. The van der Waals surface area contributed by atoms with Gasteiger partial charge in [-0.3, -0.25) is 0 Å². The van der Waals surface area contributed by atoms with E-state index in [2.05, 4.69) is 10.1 Å². The maximum absolute atomic E-state index is 13.0. The Morgan fingerprint density at radius 1 is 1.42 bits per heavy atom. The Morgan fingerprint density at radius 3 is 2.63 bits per heavy atom. The van der Waals surface area contributed by atoms with Crippen LogP contribution < -0.4 is 0 Å². The summed E-state index contributed by atoms with van der Waals surface area (Å²) < 4.78 is 42.5. The highest BCUT2D eigenvalue weighted by atomic mass is 35.5. The molecule has 0 amide bonds. The van der Waals surface area contributed by atoms with Crippen molar-refractivity contribution in [1.82, 2.24) is 10.1 Å². The average molecular weight is 305 g/mol. The normalized spacial score (nSPS) is 13.5. The summed E-state index contributed by atoms with van der Waals surface area (Å²) in [6, 6.07) is 3.21. The molecule has 0 fully saturated rings. The van der Waals surface area contributed by atoms with Crippen molar-refractivity contribution in [3.8, 4) is 0 Å². The predicted octanol–water partition coefficient (Wildman–Crippen LogP) is 2.71. The Hall–Kier alpha value is -1.47. The highest BCUT2D eigenvalue weighted by molar-refractivity contribution is 7.91. The summed E-state index contributed by atoms with van der Waals surface area (Å²) in [5.41, 5.74) is 0. The maximum Gasteiger partial charge on any atom is 0.245 e. The topological polar surface area (TPSA) is 73.1 Å². The Bertz CT molecular complexity index is 714. The first-order valence-corrected chi connectivity index (χ1v) is 7.24. The number of aromatic nitrogens is 2. The van der Waals surface area contributed by atoms with Crippen molar-refractivity contribution in [2.75, 3.05) is 0 Å². The summed E-state index contributed by atoms with van der Waals surface area (Å²) >= 11 is 5.58. The number of hydrogen-bond acceptors (Lipinski definition) is 5. The second kappa shape index (κ2) is 4.90. The van der Waals surface area contributed by atoms with E-state index in [0.717, 1.165) is 18.2 Å². The Labute approximate surface area is 114 Å². The molecule has 0 aliphatic heterocycles. The molecule has 8 heteroatoms. The summed E-state index contributed by atoms with van der Waals surface area (Å²) in [4.78, 5) is 3.78. The molecule has 1 aromatic carbocycles. The molecule has 5 nitrogen and oxygen atoms in total. The van der Waals surface area contributed by atoms with Crippen LogP contribution in [-0.4, -0.2) is 18.6 Å². The van der Waals surface area contributed by atoms with E-state index in [-0.39, 0.29) is 15.8 Å². The van der Waals surface area contributed by atoms with Crippen molar-refractivity contribution >= 4 is 21.4 Å². The lowest BCUT2D eigenvalue weighted by molar-refractivity contribution is 0.373. The average Bonchev–Trinajstić information content (AvgIpc) is 2.78. The Morgan fingerprint density at radius 2 is 2.11 bits per heavy atom. The third kappa shape index (κ3) is 2.62. The van der Waals surface area contributed by atoms with Crippen molar-refractivity contribution in [1.29, 1.82) is 0 Å². The zero-order valence-electron chi connectivity index (χ0n) is 10.1. The predicted molar refractivity (Wildman–Crippen MR) is 66.0 cm³/mol. The molecular weight excluding hydrogens is 295 g/mol. The molecule has 0 aliphatic carbocycles. The van der Waals surface area contributed by atoms with Gasteiger partial charge in [-0.25, -0.2) is 12.8 Å². The number of halogens is 2. The Kier molecular flexibility index (Phi) is 3.60. The minimum Gasteiger partial charge on any atom is -0.338 e. The van der Waals surface area contributed by atoms with Crippen LogP contribution in [0.2, 0.25) is 5.02 Å². The van der Waals surface area contributed by atoms with Gasteiger partial charge >= 0.3 is 0 Å². The summed E-state index contributed by atoms with van der Waals surface area (Å²) in [6.45, 7) is 3.00. The van der Waals surface area contributed by atoms with Gasteiger partial charge in [0, 0.05) is 0 Å². The SMILES string of the molecule is Cc1noc([C@H](C)S(=O)(=O)c2ccc(F)c(Cl)c2)n1. The van der Waals surface area contributed by atoms with Crippen molar-refractivity contribution in [2.24, 2.45) is 0 Å². The van der Waals surface area contributed by atoms with Crippen LogP contribution in [0, 0.1) is 12.7 Å². The lowest BCUT2D eigenvalue weighted by atomic mass is 10.3. The molecule has 0 aliphatic rings. The standard InChI is InChI=1S/C11H10ClFN2O3S/c1-6(11-14-7(2)15-18-11)19(16,17)8-3-4-10(13)9(12)5-8/h3-6H,1-2H3/t6-/m0/s1. The summed E-state index contributed by atoms with van der Waals surface area (Å²) in [7, 11) is -3.77. The largest absolute Gasteiger partial charge is 0.338 e. The van der Waals surface area contributed by atoms with Crippen LogP contribution >= 0.6 is 11.6 Å². The van der Waals surface area contributed by atoms with Gasteiger partial charge in [0.15, 0.2) is 15.7 Å². The van der Waals surface area contributed by atoms with Gasteiger partial charge in [0.1, 0.15) is 11.1 Å². The van der Waals surface area contributed by atoms with E-state index in [9.17, 15) is 12.8 Å². The Balaban J connectivity index is 2.44. The molecule has 19 heavy (non-hydrogen) atoms. The van der Waals surface area contributed by atoms with Gasteiger partial charge in [-0.2, -0.15) is 4.98 Å². The molecule has 0 radical (unpaired) electrons. The summed E-state index contributed by atoms with van der Waals surface area (Å²) in [6.07, 6.45) is 0. The van der Waals surface area contributed by atoms with E-state index < -0.39 is 20.9 Å². The third-order valence-corrected chi connectivity index (χ3v) is 4.91. The zero-order valence-corrected chi connectivity index (χ0v) is 11.7. The fourth-order valence-electron chi connectivity index (χ4n) is 1.47. The lowest BCUT2D eigenvalue weighted by Gasteiger charge is -2.09. The molecule has 1 atom stereocenters. The van der Waals surface area contributed by atoms with E-state index in [4.69, 9.17) is 16.1 Å². The van der Waals surface area contributed by atoms with Crippen LogP contribution in [0.1, 0.15) is 23.9 Å². The second-order valence-corrected chi connectivity index (χ2v) is 6.62. The van der Waals surface area contributed by atoms with Gasteiger partial charge in [-0.1, -0.05) is 16.8 Å². The highest BCUT2D eigenvalue weighted by Gasteiger charge is 2.30. The number of benzene rings is 1. The lowest BCUT2D eigenvalue weighted by Crippen LogP contribution is -2.11. The van der Waals surface area contributed by atoms with Crippen LogP contribution in [0.3, 0.4) is 0 Å². The maximum atomic E-state index is 13.0. The van der Waals surface area contributed by atoms with Crippen molar-refractivity contribution in [3.63, 3.8) is 0 Å². The number of rotatable bonds is 3. The second-order valence-electron chi connectivity index (χ2n) is 3.94. The molecule has 0 unspecified atom stereocenters. The number of hydrogen-bond donors (Lipinski definition) is 0. The molecular formula is C11H10ClFN2O3S. The number of sulfone groups is 1. The van der Waals surface area contributed by atoms with Crippen LogP contribution in [0.4, 0.5) is 4.39 Å². The van der Waals surface area contributed by atoms with E-state index in [1.54, 1.807) is 6.92 Å². The van der Waals surface area contributed by atoms with Crippen LogP contribution in [0.5, 0.6) is 0 Å². The van der Waals surface area contributed by atoms with Crippen molar-refractivity contribution in [2.45, 2.75) is 24.0 Å². The molecule has 0 saturated heterocycles.